The van der Waals surface area contributed by atoms with Crippen LogP contribution in [0, 0.1) is 29.2 Å². The fourth-order valence-electron chi connectivity index (χ4n) is 3.29. The molecule has 0 spiro atoms. The Kier molecular flexibility index (Phi) is 5.26. The van der Waals surface area contributed by atoms with Crippen molar-refractivity contribution in [2.24, 2.45) is 5.92 Å². The van der Waals surface area contributed by atoms with Gasteiger partial charge in [-0.2, -0.15) is 0 Å². The van der Waals surface area contributed by atoms with Gasteiger partial charge in [-0.05, 0) is 29.8 Å². The molecule has 28 heavy (non-hydrogen) atoms. The molecule has 0 bridgehead atoms. The van der Waals surface area contributed by atoms with Crippen molar-refractivity contribution < 1.29 is 31.9 Å². The fraction of sp³-hybridized carbons (Fsp3) is 0.263. The highest BCUT2D eigenvalue weighted by atomic mass is 19.2. The van der Waals surface area contributed by atoms with E-state index in [4.69, 9.17) is 0 Å². The summed E-state index contributed by atoms with van der Waals surface area (Å²) in [6.07, 6.45) is 0. The molecule has 0 radical (unpaired) electrons. The highest BCUT2D eigenvalue weighted by Crippen LogP contribution is 2.36. The molecule has 0 aliphatic carbocycles. The summed E-state index contributed by atoms with van der Waals surface area (Å²) in [5, 5.41) is 2.18. The summed E-state index contributed by atoms with van der Waals surface area (Å²) < 4.78 is 60.0. The van der Waals surface area contributed by atoms with Gasteiger partial charge in [0.25, 0.3) is 0 Å². The zero-order valence-electron chi connectivity index (χ0n) is 14.9. The molecule has 0 saturated carbocycles. The van der Waals surface area contributed by atoms with Crippen LogP contribution in [0.2, 0.25) is 0 Å². The average molecular weight is 396 g/mol. The summed E-state index contributed by atoms with van der Waals surface area (Å²) in [6.45, 7) is 0.0216. The van der Waals surface area contributed by atoms with Crippen LogP contribution in [0.15, 0.2) is 30.3 Å². The van der Waals surface area contributed by atoms with E-state index < -0.39 is 58.4 Å². The number of amides is 2. The number of rotatable bonds is 4. The van der Waals surface area contributed by atoms with Gasteiger partial charge in [0, 0.05) is 19.5 Å². The van der Waals surface area contributed by atoms with Gasteiger partial charge in [-0.1, -0.05) is 6.07 Å². The normalized spacial score (nSPS) is 19.1. The van der Waals surface area contributed by atoms with E-state index in [2.05, 4.69) is 10.1 Å². The molecular formula is C19H16F4N2O3. The zero-order chi connectivity index (χ0) is 20.6. The molecule has 1 aliphatic heterocycles. The van der Waals surface area contributed by atoms with Crippen LogP contribution in [0.4, 0.5) is 23.2 Å². The first-order chi connectivity index (χ1) is 13.2. The first-order valence-electron chi connectivity index (χ1n) is 8.27. The Morgan fingerprint density at radius 3 is 2.39 bits per heavy atom. The number of benzene rings is 2. The Hall–Kier alpha value is -3.10. The second kappa shape index (κ2) is 7.49. The second-order valence-corrected chi connectivity index (χ2v) is 6.41. The van der Waals surface area contributed by atoms with E-state index in [0.29, 0.717) is 0 Å². The maximum atomic E-state index is 14.1. The summed E-state index contributed by atoms with van der Waals surface area (Å²) in [4.78, 5) is 26.3. The first kappa shape index (κ1) is 19.7. The molecule has 2 amide bonds. The predicted octanol–water partition coefficient (Wildman–Crippen LogP) is 3.06. The van der Waals surface area contributed by atoms with Crippen molar-refractivity contribution in [3.05, 3.63) is 59.2 Å². The zero-order valence-corrected chi connectivity index (χ0v) is 14.9. The van der Waals surface area contributed by atoms with E-state index in [1.807, 2.05) is 0 Å². The van der Waals surface area contributed by atoms with Crippen LogP contribution in [0.1, 0.15) is 11.5 Å². The Morgan fingerprint density at radius 2 is 1.79 bits per heavy atom. The van der Waals surface area contributed by atoms with Gasteiger partial charge >= 0.3 is 0 Å². The summed E-state index contributed by atoms with van der Waals surface area (Å²) in [6, 6.07) is 5.19. The lowest BCUT2D eigenvalue weighted by molar-refractivity contribution is -0.135. The second-order valence-electron chi connectivity index (χ2n) is 6.41. The van der Waals surface area contributed by atoms with Crippen LogP contribution in [0.3, 0.4) is 0 Å². The third kappa shape index (κ3) is 3.39. The number of carbonyl (C=O) groups is 2. The van der Waals surface area contributed by atoms with E-state index in [1.165, 1.54) is 18.0 Å². The van der Waals surface area contributed by atoms with Crippen LogP contribution in [-0.2, 0) is 9.59 Å². The van der Waals surface area contributed by atoms with Gasteiger partial charge in [0.1, 0.15) is 5.92 Å². The standard InChI is InChI=1S/C19H16F4N2O3/c1-25-8-10(9-6-12(21)17(28-2)13(22)7-9)15(19(25)27)18(26)24-14-5-3-4-11(20)16(14)23/h3-7,10,15H,8H2,1-2H3,(H,24,26). The van der Waals surface area contributed by atoms with Crippen molar-refractivity contribution in [1.29, 1.82) is 0 Å². The molecule has 2 atom stereocenters. The monoisotopic (exact) mass is 396 g/mol. The van der Waals surface area contributed by atoms with Gasteiger partial charge in [-0.15, -0.1) is 0 Å². The molecule has 3 rings (SSSR count). The maximum Gasteiger partial charge on any atom is 0.237 e. The average Bonchev–Trinajstić information content (AvgIpc) is 2.94. The molecule has 1 aliphatic rings. The molecule has 5 nitrogen and oxygen atoms in total. The van der Waals surface area contributed by atoms with Gasteiger partial charge in [-0.3, -0.25) is 9.59 Å². The summed E-state index contributed by atoms with van der Waals surface area (Å²) in [7, 11) is 2.54. The quantitative estimate of drug-likeness (QED) is 0.639. The lowest BCUT2D eigenvalue weighted by Gasteiger charge is -2.18. The van der Waals surface area contributed by atoms with Crippen LogP contribution < -0.4 is 10.1 Å². The van der Waals surface area contributed by atoms with E-state index in [0.717, 1.165) is 31.4 Å². The number of hydrogen-bond acceptors (Lipinski definition) is 3. The summed E-state index contributed by atoms with van der Waals surface area (Å²) >= 11 is 0. The lowest BCUT2D eigenvalue weighted by atomic mass is 9.87. The van der Waals surface area contributed by atoms with E-state index >= 15 is 0 Å². The number of ether oxygens (including phenoxy) is 1. The maximum absolute atomic E-state index is 14.1. The van der Waals surface area contributed by atoms with Crippen molar-refractivity contribution in [1.82, 2.24) is 4.90 Å². The molecule has 148 valence electrons. The van der Waals surface area contributed by atoms with Crippen molar-refractivity contribution >= 4 is 17.5 Å². The Morgan fingerprint density at radius 1 is 1.14 bits per heavy atom. The smallest absolute Gasteiger partial charge is 0.237 e. The van der Waals surface area contributed by atoms with Gasteiger partial charge in [0.2, 0.25) is 11.8 Å². The van der Waals surface area contributed by atoms with Gasteiger partial charge in [0.05, 0.1) is 12.8 Å². The lowest BCUT2D eigenvalue weighted by Crippen LogP contribution is -2.33. The molecule has 2 aromatic carbocycles. The first-order valence-corrected chi connectivity index (χ1v) is 8.27. The Labute approximate surface area is 157 Å². The molecule has 1 saturated heterocycles. The minimum Gasteiger partial charge on any atom is -0.491 e. The molecule has 1 heterocycles. The van der Waals surface area contributed by atoms with Crippen LogP contribution in [-0.4, -0.2) is 37.4 Å². The number of carbonyl (C=O) groups excluding carboxylic acids is 2. The third-order valence-corrected chi connectivity index (χ3v) is 4.66. The van der Waals surface area contributed by atoms with Gasteiger partial charge < -0.3 is 15.0 Å². The summed E-state index contributed by atoms with van der Waals surface area (Å²) in [5.41, 5.74) is -0.355. The number of anilines is 1. The molecule has 9 heteroatoms. The van der Waals surface area contributed by atoms with E-state index in [1.54, 1.807) is 0 Å². The minimum absolute atomic E-state index is 0.0216. The van der Waals surface area contributed by atoms with E-state index in [-0.39, 0.29) is 12.1 Å². The molecule has 2 aromatic rings. The highest BCUT2D eigenvalue weighted by molar-refractivity contribution is 6.08. The van der Waals surface area contributed by atoms with Crippen molar-refractivity contribution in [2.45, 2.75) is 5.92 Å². The number of hydrogen-bond donors (Lipinski definition) is 1. The third-order valence-electron chi connectivity index (χ3n) is 4.66. The molecule has 2 unspecified atom stereocenters. The molecular weight excluding hydrogens is 380 g/mol. The number of methoxy groups -OCH3 is 1. The fourth-order valence-corrected chi connectivity index (χ4v) is 3.29. The highest BCUT2D eigenvalue weighted by Gasteiger charge is 2.45. The van der Waals surface area contributed by atoms with Crippen molar-refractivity contribution in [3.8, 4) is 5.75 Å². The Bertz CT molecular complexity index is 928. The molecule has 1 fully saturated rings. The summed E-state index contributed by atoms with van der Waals surface area (Å²) in [5.74, 6) is -8.72. The number of nitrogens with one attached hydrogen (secondary N) is 1. The van der Waals surface area contributed by atoms with Crippen LogP contribution >= 0.6 is 0 Å². The van der Waals surface area contributed by atoms with Crippen molar-refractivity contribution in [2.75, 3.05) is 26.0 Å². The van der Waals surface area contributed by atoms with Gasteiger partial charge in [-0.25, -0.2) is 17.6 Å². The molecule has 0 aromatic heterocycles. The van der Waals surface area contributed by atoms with Crippen molar-refractivity contribution in [3.63, 3.8) is 0 Å². The van der Waals surface area contributed by atoms with Crippen LogP contribution in [0.5, 0.6) is 5.75 Å². The minimum atomic E-state index is -1.36. The molecule has 1 N–H and O–H groups in total. The number of halogens is 4. The number of likely N-dealkylation sites (tertiary alicyclic amines) is 1. The SMILES string of the molecule is COc1c(F)cc(C2CN(C)C(=O)C2C(=O)Nc2cccc(F)c2F)cc1F. The van der Waals surface area contributed by atoms with E-state index in [9.17, 15) is 27.2 Å². The van der Waals surface area contributed by atoms with Gasteiger partial charge in [0.15, 0.2) is 29.0 Å². The largest absolute Gasteiger partial charge is 0.491 e. The number of nitrogens with zero attached hydrogens (tertiary/aromatic N) is 1. The topological polar surface area (TPSA) is 58.6 Å². The predicted molar refractivity (Wildman–Crippen MR) is 91.8 cm³/mol. The Balaban J connectivity index is 1.95. The number of likely N-dealkylation sites (N-methyl/N-ethyl adjacent to an activating group) is 1. The van der Waals surface area contributed by atoms with Crippen LogP contribution in [0.25, 0.3) is 0 Å².